The monoisotopic (exact) mass is 301 g/mol. The average molecular weight is 302 g/mol. The Morgan fingerprint density at radius 1 is 1.33 bits per heavy atom. The molecule has 0 bridgehead atoms. The highest BCUT2D eigenvalue weighted by Gasteiger charge is 2.10. The van der Waals surface area contributed by atoms with Crippen LogP contribution in [0.1, 0.15) is 29.4 Å². The molecule has 0 spiro atoms. The Labute approximate surface area is 131 Å². The third-order valence-corrected chi connectivity index (χ3v) is 4.25. The van der Waals surface area contributed by atoms with Gasteiger partial charge in [-0.05, 0) is 43.5 Å². The molecule has 0 amide bonds. The summed E-state index contributed by atoms with van der Waals surface area (Å²) in [5, 5.41) is 13.4. The summed E-state index contributed by atoms with van der Waals surface area (Å²) in [6.07, 6.45) is 0.886. The molecule has 2 aromatic rings. The van der Waals surface area contributed by atoms with Crippen LogP contribution in [0, 0.1) is 18.3 Å². The van der Waals surface area contributed by atoms with E-state index in [4.69, 9.17) is 16.9 Å². The molecule has 0 saturated carbocycles. The van der Waals surface area contributed by atoms with Gasteiger partial charge in [-0.1, -0.05) is 29.8 Å². The number of halogens is 1. The van der Waals surface area contributed by atoms with Crippen LogP contribution >= 0.6 is 11.6 Å². The van der Waals surface area contributed by atoms with Crippen LogP contribution in [0.25, 0.3) is 0 Å². The zero-order chi connectivity index (χ0) is 15.4. The van der Waals surface area contributed by atoms with E-state index in [1.807, 2.05) is 42.8 Å². The van der Waals surface area contributed by atoms with E-state index in [1.165, 1.54) is 5.56 Å². The number of nitrogens with one attached hydrogen (secondary N) is 1. The van der Waals surface area contributed by atoms with Crippen LogP contribution < -0.4 is 5.32 Å². The van der Waals surface area contributed by atoms with Crippen molar-refractivity contribution in [3.8, 4) is 6.07 Å². The molecular formula is C17H20ClN3. The van der Waals surface area contributed by atoms with Crippen LogP contribution in [-0.2, 0) is 20.0 Å². The molecule has 2 rings (SSSR count). The lowest BCUT2D eigenvalue weighted by Gasteiger charge is -2.15. The Morgan fingerprint density at radius 3 is 2.67 bits per heavy atom. The fourth-order valence-electron chi connectivity index (χ4n) is 2.40. The van der Waals surface area contributed by atoms with Crippen LogP contribution in [0.3, 0.4) is 0 Å². The first-order chi connectivity index (χ1) is 10.0. The van der Waals surface area contributed by atoms with Crippen LogP contribution in [0.5, 0.6) is 0 Å². The molecule has 0 aliphatic carbocycles. The van der Waals surface area contributed by atoms with Crippen molar-refractivity contribution in [1.29, 1.82) is 5.26 Å². The molecule has 21 heavy (non-hydrogen) atoms. The molecule has 0 saturated heterocycles. The molecular weight excluding hydrogens is 282 g/mol. The van der Waals surface area contributed by atoms with E-state index in [2.05, 4.69) is 24.4 Å². The van der Waals surface area contributed by atoms with Gasteiger partial charge in [-0.15, -0.1) is 0 Å². The van der Waals surface area contributed by atoms with Gasteiger partial charge in [0.15, 0.2) is 0 Å². The summed E-state index contributed by atoms with van der Waals surface area (Å²) in [5.41, 5.74) is 4.15. The van der Waals surface area contributed by atoms with Gasteiger partial charge in [-0.25, -0.2) is 0 Å². The van der Waals surface area contributed by atoms with Gasteiger partial charge >= 0.3 is 0 Å². The van der Waals surface area contributed by atoms with Gasteiger partial charge in [0.1, 0.15) is 11.8 Å². The fourth-order valence-corrected chi connectivity index (χ4v) is 2.61. The molecule has 1 aromatic heterocycles. The lowest BCUT2D eigenvalue weighted by molar-refractivity contribution is 0.544. The lowest BCUT2D eigenvalue weighted by atomic mass is 10.1. The topological polar surface area (TPSA) is 40.8 Å². The Balaban J connectivity index is 1.97. The Morgan fingerprint density at radius 2 is 2.05 bits per heavy atom. The molecule has 0 fully saturated rings. The van der Waals surface area contributed by atoms with E-state index in [-0.39, 0.29) is 0 Å². The van der Waals surface area contributed by atoms with E-state index >= 15 is 0 Å². The Bertz CT molecular complexity index is 667. The maximum absolute atomic E-state index is 9.05. The zero-order valence-corrected chi connectivity index (χ0v) is 13.4. The second-order valence-electron chi connectivity index (χ2n) is 5.39. The molecule has 4 heteroatoms. The lowest BCUT2D eigenvalue weighted by Crippen LogP contribution is -2.27. The molecule has 1 aromatic carbocycles. The smallest absolute Gasteiger partial charge is 0.120 e. The highest BCUT2D eigenvalue weighted by atomic mass is 35.5. The molecule has 1 N–H and O–H groups in total. The quantitative estimate of drug-likeness (QED) is 0.917. The number of nitriles is 1. The minimum absolute atomic E-state index is 0.315. The summed E-state index contributed by atoms with van der Waals surface area (Å²) in [5.74, 6) is 0. The minimum Gasteiger partial charge on any atom is -0.340 e. The van der Waals surface area contributed by atoms with E-state index in [1.54, 1.807) is 0 Å². The first kappa shape index (κ1) is 15.6. The van der Waals surface area contributed by atoms with Crippen molar-refractivity contribution in [3.63, 3.8) is 0 Å². The molecule has 110 valence electrons. The van der Waals surface area contributed by atoms with Gasteiger partial charge in [-0.2, -0.15) is 5.26 Å². The number of aromatic nitrogens is 1. The maximum atomic E-state index is 9.05. The molecule has 1 unspecified atom stereocenters. The SMILES string of the molecule is Cc1c(CNC(C)Cc2ccccc2Cl)cc(C#N)n1C. The van der Waals surface area contributed by atoms with Crippen molar-refractivity contribution in [2.24, 2.45) is 7.05 Å². The van der Waals surface area contributed by atoms with E-state index in [0.29, 0.717) is 11.7 Å². The summed E-state index contributed by atoms with van der Waals surface area (Å²) in [4.78, 5) is 0. The Kier molecular flexibility index (Phi) is 5.06. The van der Waals surface area contributed by atoms with Crippen molar-refractivity contribution >= 4 is 11.6 Å². The van der Waals surface area contributed by atoms with Gasteiger partial charge in [0.2, 0.25) is 0 Å². The highest BCUT2D eigenvalue weighted by molar-refractivity contribution is 6.31. The van der Waals surface area contributed by atoms with Crippen molar-refractivity contribution in [2.75, 3.05) is 0 Å². The predicted octanol–water partition coefficient (Wildman–Crippen LogP) is 3.58. The standard InChI is InChI=1S/C17H20ClN3/c1-12(8-14-6-4-5-7-17(14)18)20-11-15-9-16(10-19)21(3)13(15)2/h4-7,9,12,20H,8,11H2,1-3H3. The zero-order valence-electron chi connectivity index (χ0n) is 12.7. The summed E-state index contributed by atoms with van der Waals surface area (Å²) < 4.78 is 1.93. The summed E-state index contributed by atoms with van der Waals surface area (Å²) >= 11 is 6.19. The van der Waals surface area contributed by atoms with Gasteiger partial charge in [-0.3, -0.25) is 0 Å². The van der Waals surface area contributed by atoms with E-state index < -0.39 is 0 Å². The fraction of sp³-hybridized carbons (Fsp3) is 0.353. The van der Waals surface area contributed by atoms with Crippen LogP contribution in [0.4, 0.5) is 0 Å². The summed E-state index contributed by atoms with van der Waals surface area (Å²) in [6, 6.07) is 12.4. The third-order valence-electron chi connectivity index (χ3n) is 3.88. The van der Waals surface area contributed by atoms with Gasteiger partial charge in [0.25, 0.3) is 0 Å². The largest absolute Gasteiger partial charge is 0.340 e. The van der Waals surface area contributed by atoms with Crippen molar-refractivity contribution in [3.05, 3.63) is 57.9 Å². The molecule has 1 atom stereocenters. The van der Waals surface area contributed by atoms with Gasteiger partial charge in [0.05, 0.1) is 0 Å². The Hall–Kier alpha value is -1.76. The van der Waals surface area contributed by atoms with Crippen LogP contribution in [0.15, 0.2) is 30.3 Å². The van der Waals surface area contributed by atoms with Gasteiger partial charge in [0, 0.05) is 30.4 Å². The first-order valence-electron chi connectivity index (χ1n) is 7.05. The minimum atomic E-state index is 0.315. The number of nitrogens with zero attached hydrogens (tertiary/aromatic N) is 2. The second-order valence-corrected chi connectivity index (χ2v) is 5.80. The van der Waals surface area contributed by atoms with Gasteiger partial charge < -0.3 is 9.88 Å². The van der Waals surface area contributed by atoms with E-state index in [9.17, 15) is 0 Å². The molecule has 1 heterocycles. The van der Waals surface area contributed by atoms with Crippen molar-refractivity contribution in [2.45, 2.75) is 32.9 Å². The number of hydrogen-bond acceptors (Lipinski definition) is 2. The third kappa shape index (κ3) is 3.66. The second kappa shape index (κ2) is 6.80. The number of hydrogen-bond donors (Lipinski definition) is 1. The first-order valence-corrected chi connectivity index (χ1v) is 7.42. The van der Waals surface area contributed by atoms with Crippen LogP contribution in [-0.4, -0.2) is 10.6 Å². The molecule has 0 aliphatic heterocycles. The van der Waals surface area contributed by atoms with Crippen molar-refractivity contribution < 1.29 is 0 Å². The highest BCUT2D eigenvalue weighted by Crippen LogP contribution is 2.17. The maximum Gasteiger partial charge on any atom is 0.120 e. The number of benzene rings is 1. The average Bonchev–Trinajstić information content (AvgIpc) is 2.75. The molecule has 0 radical (unpaired) electrons. The normalized spacial score (nSPS) is 12.1. The molecule has 0 aliphatic rings. The molecule has 3 nitrogen and oxygen atoms in total. The summed E-state index contributed by atoms with van der Waals surface area (Å²) in [7, 11) is 1.92. The number of rotatable bonds is 5. The van der Waals surface area contributed by atoms with E-state index in [0.717, 1.165) is 29.2 Å². The predicted molar refractivity (Wildman–Crippen MR) is 86.3 cm³/mol. The summed E-state index contributed by atoms with van der Waals surface area (Å²) in [6.45, 7) is 4.94. The van der Waals surface area contributed by atoms with Crippen molar-refractivity contribution in [1.82, 2.24) is 9.88 Å². The van der Waals surface area contributed by atoms with Crippen LogP contribution in [0.2, 0.25) is 5.02 Å².